The van der Waals surface area contributed by atoms with E-state index in [0.29, 0.717) is 29.0 Å². The van der Waals surface area contributed by atoms with E-state index < -0.39 is 34.2 Å². The van der Waals surface area contributed by atoms with Crippen LogP contribution in [0.4, 0.5) is 5.69 Å². The summed E-state index contributed by atoms with van der Waals surface area (Å²) >= 11 is 0. The highest BCUT2D eigenvalue weighted by molar-refractivity contribution is 6.09. The number of carbonyl (C=O) groups is 2. The maximum Gasteiger partial charge on any atom is 0.315 e. The fraction of sp³-hybridized carbons (Fsp3) is 0.476. The summed E-state index contributed by atoms with van der Waals surface area (Å²) in [5, 5.41) is 23.2. The Balaban J connectivity index is 2.22. The first kappa shape index (κ1) is 20.7. The highest BCUT2D eigenvalue weighted by atomic mass is 16.6. The lowest BCUT2D eigenvalue weighted by molar-refractivity contribution is -0.398. The number of carbonyl (C=O) groups excluding carboxylic acids is 2. The Hall–Kier alpha value is -3.03. The van der Waals surface area contributed by atoms with Crippen LogP contribution >= 0.6 is 0 Å². The Morgan fingerprint density at radius 2 is 2.03 bits per heavy atom. The van der Waals surface area contributed by atoms with Crippen LogP contribution in [0.5, 0.6) is 5.75 Å². The third-order valence-electron chi connectivity index (χ3n) is 5.38. The van der Waals surface area contributed by atoms with Gasteiger partial charge in [-0.25, -0.2) is 0 Å². The van der Waals surface area contributed by atoms with E-state index >= 15 is 0 Å². The molecule has 29 heavy (non-hydrogen) atoms. The number of hydrogen-bond acceptors (Lipinski definition) is 7. The molecule has 0 saturated heterocycles. The predicted molar refractivity (Wildman–Crippen MR) is 104 cm³/mol. The quantitative estimate of drug-likeness (QED) is 0.436. The Kier molecular flexibility index (Phi) is 5.30. The fourth-order valence-electron chi connectivity index (χ4n) is 4.21. The zero-order valence-corrected chi connectivity index (χ0v) is 16.9. The summed E-state index contributed by atoms with van der Waals surface area (Å²) in [7, 11) is 0. The van der Waals surface area contributed by atoms with Gasteiger partial charge < -0.3 is 9.84 Å². The molecule has 1 aromatic carbocycles. The van der Waals surface area contributed by atoms with E-state index in [-0.39, 0.29) is 24.2 Å². The topological polar surface area (TPSA) is 122 Å². The van der Waals surface area contributed by atoms with Crippen LogP contribution in [0.15, 0.2) is 34.5 Å². The summed E-state index contributed by atoms with van der Waals surface area (Å²) in [5.41, 5.74) is 0.988. The monoisotopic (exact) mass is 399 g/mol. The molecule has 1 aromatic rings. The van der Waals surface area contributed by atoms with Gasteiger partial charge in [-0.2, -0.15) is 0 Å². The Bertz CT molecular complexity index is 960. The van der Waals surface area contributed by atoms with Crippen molar-refractivity contribution in [3.05, 3.63) is 45.1 Å². The van der Waals surface area contributed by atoms with Gasteiger partial charge in [0.2, 0.25) is 0 Å². The second-order valence-electron chi connectivity index (χ2n) is 8.25. The van der Waals surface area contributed by atoms with Crippen LogP contribution in [-0.4, -0.2) is 29.0 Å². The first-order valence-corrected chi connectivity index (χ1v) is 9.49. The lowest BCUT2D eigenvalue weighted by Crippen LogP contribution is -2.39. The van der Waals surface area contributed by atoms with Crippen LogP contribution < -0.4 is 5.11 Å². The van der Waals surface area contributed by atoms with E-state index in [1.165, 1.54) is 6.07 Å². The molecule has 0 spiro atoms. The van der Waals surface area contributed by atoms with Gasteiger partial charge in [-0.3, -0.25) is 24.7 Å². The molecule has 1 heterocycles. The second-order valence-corrected chi connectivity index (χ2v) is 8.25. The number of esters is 1. The minimum Gasteiger partial charge on any atom is -0.868 e. The van der Waals surface area contributed by atoms with Gasteiger partial charge in [0.25, 0.3) is 5.69 Å². The van der Waals surface area contributed by atoms with E-state index in [0.717, 1.165) is 12.1 Å². The molecule has 0 saturated carbocycles. The lowest BCUT2D eigenvalue weighted by atomic mass is 9.67. The van der Waals surface area contributed by atoms with Gasteiger partial charge in [-0.15, -0.1) is 0 Å². The number of rotatable bonds is 4. The third kappa shape index (κ3) is 3.79. The van der Waals surface area contributed by atoms with Crippen LogP contribution in [0.1, 0.15) is 52.0 Å². The number of nitro groups is 1. The molecule has 0 radical (unpaired) electrons. The zero-order chi connectivity index (χ0) is 21.5. The number of ketones is 1. The van der Waals surface area contributed by atoms with E-state index in [9.17, 15) is 24.8 Å². The summed E-state index contributed by atoms with van der Waals surface area (Å²) in [4.78, 5) is 40.9. The molecule has 0 aromatic heterocycles. The molecule has 0 fully saturated rings. The van der Waals surface area contributed by atoms with Gasteiger partial charge in [-0.05, 0) is 37.0 Å². The molecule has 3 rings (SSSR count). The number of nitro benzene ring substituents is 1. The number of nitrogens with zero attached hydrogens (tertiary/aromatic N) is 2. The first-order chi connectivity index (χ1) is 13.6. The minimum atomic E-state index is -0.879. The molecule has 0 bridgehead atoms. The predicted octanol–water partition coefficient (Wildman–Crippen LogP) is 3.05. The van der Waals surface area contributed by atoms with E-state index in [2.05, 4.69) is 4.99 Å². The van der Waals surface area contributed by atoms with Gasteiger partial charge in [0.1, 0.15) is 5.92 Å². The molecule has 154 valence electrons. The summed E-state index contributed by atoms with van der Waals surface area (Å²) in [6.07, 6.45) is 0.841. The van der Waals surface area contributed by atoms with Crippen molar-refractivity contribution in [1.82, 2.24) is 0 Å². The van der Waals surface area contributed by atoms with Gasteiger partial charge in [0.05, 0.1) is 11.5 Å². The Morgan fingerprint density at radius 1 is 1.34 bits per heavy atom. The number of aliphatic imine (C=N–C) groups is 1. The molecule has 0 amide bonds. The van der Waals surface area contributed by atoms with Crippen molar-refractivity contribution in [1.29, 1.82) is 0 Å². The first-order valence-electron chi connectivity index (χ1n) is 9.49. The molecule has 8 heteroatoms. The van der Waals surface area contributed by atoms with Crippen molar-refractivity contribution in [2.75, 3.05) is 6.61 Å². The standard InChI is InChI=1S/C21H24N2O6/c1-5-29-20(26)17-11(2)22-13-9-21(3,4)10-16(25)19(13)18(17)12-6-7-15(24)14(8-12)23(27)28/h6-8,17-18,24H,5,9-10H2,1-4H3/p-1/t17?,18-/m0/s1. The van der Waals surface area contributed by atoms with Gasteiger partial charge in [-0.1, -0.05) is 26.0 Å². The summed E-state index contributed by atoms with van der Waals surface area (Å²) in [5.74, 6) is -3.06. The summed E-state index contributed by atoms with van der Waals surface area (Å²) in [6, 6.07) is 3.71. The van der Waals surface area contributed by atoms with Crippen molar-refractivity contribution in [2.24, 2.45) is 16.3 Å². The molecule has 1 aliphatic carbocycles. The van der Waals surface area contributed by atoms with Crippen LogP contribution in [0, 0.1) is 21.4 Å². The Labute approximate surface area is 168 Å². The maximum atomic E-state index is 13.1. The minimum absolute atomic E-state index is 0.138. The van der Waals surface area contributed by atoms with Crippen LogP contribution in [0.2, 0.25) is 0 Å². The average molecular weight is 399 g/mol. The maximum absolute atomic E-state index is 13.1. The highest BCUT2D eigenvalue weighted by Gasteiger charge is 2.46. The van der Waals surface area contributed by atoms with Crippen LogP contribution in [0.25, 0.3) is 0 Å². The lowest BCUT2D eigenvalue weighted by Gasteiger charge is -2.39. The van der Waals surface area contributed by atoms with Crippen molar-refractivity contribution in [3.8, 4) is 5.75 Å². The summed E-state index contributed by atoms with van der Waals surface area (Å²) in [6.45, 7) is 7.48. The molecule has 2 aliphatic rings. The van der Waals surface area contributed by atoms with Crippen LogP contribution in [0.3, 0.4) is 0 Å². The van der Waals surface area contributed by atoms with Crippen LogP contribution in [-0.2, 0) is 14.3 Å². The summed E-state index contributed by atoms with van der Waals surface area (Å²) < 4.78 is 5.21. The van der Waals surface area contributed by atoms with E-state index in [4.69, 9.17) is 4.74 Å². The number of hydrogen-bond donors (Lipinski definition) is 0. The number of allylic oxidation sites excluding steroid dienone is 2. The van der Waals surface area contributed by atoms with Gasteiger partial charge >= 0.3 is 5.97 Å². The van der Waals surface area contributed by atoms with Crippen molar-refractivity contribution in [3.63, 3.8) is 0 Å². The molecule has 8 nitrogen and oxygen atoms in total. The largest absolute Gasteiger partial charge is 0.868 e. The van der Waals surface area contributed by atoms with Gasteiger partial charge in [0.15, 0.2) is 5.78 Å². The molecule has 1 aliphatic heterocycles. The molecule has 0 N–H and O–H groups in total. The Morgan fingerprint density at radius 3 is 2.66 bits per heavy atom. The third-order valence-corrected chi connectivity index (χ3v) is 5.38. The number of ether oxygens (including phenoxy) is 1. The molecular weight excluding hydrogens is 376 g/mol. The van der Waals surface area contributed by atoms with Gasteiger partial charge in [0, 0.05) is 35.4 Å². The SMILES string of the molecule is CCOC(=O)C1C(C)=NC2=C(C(=O)CC(C)(C)C2)[C@H]1c1ccc([O-])c([N+](=O)[O-])c1. The fourth-order valence-corrected chi connectivity index (χ4v) is 4.21. The highest BCUT2D eigenvalue weighted by Crippen LogP contribution is 2.48. The molecule has 1 unspecified atom stereocenters. The van der Waals surface area contributed by atoms with Crippen molar-refractivity contribution < 1.29 is 24.4 Å². The number of benzene rings is 1. The average Bonchev–Trinajstić information content (AvgIpc) is 2.59. The molecule has 2 atom stereocenters. The number of Topliss-reactive ketones (excluding diaryl/α,β-unsaturated/α-hetero) is 1. The van der Waals surface area contributed by atoms with E-state index in [1.54, 1.807) is 13.8 Å². The smallest absolute Gasteiger partial charge is 0.315 e. The normalized spacial score (nSPS) is 23.3. The second kappa shape index (κ2) is 7.42. The zero-order valence-electron chi connectivity index (χ0n) is 16.9. The van der Waals surface area contributed by atoms with Crippen molar-refractivity contribution >= 4 is 23.2 Å². The molecular formula is C21H23N2O6-. The van der Waals surface area contributed by atoms with Crippen molar-refractivity contribution in [2.45, 2.75) is 46.5 Å². The van der Waals surface area contributed by atoms with E-state index in [1.807, 2.05) is 13.8 Å².